The fourth-order valence-electron chi connectivity index (χ4n) is 1.91. The van der Waals surface area contributed by atoms with Crippen molar-refractivity contribution in [1.82, 2.24) is 9.97 Å². The van der Waals surface area contributed by atoms with Crippen LogP contribution in [0.25, 0.3) is 0 Å². The van der Waals surface area contributed by atoms with E-state index in [1.54, 1.807) is 6.20 Å². The number of rotatable bonds is 7. The number of carbonyl (C=O) groups is 1. The second kappa shape index (κ2) is 8.09. The average Bonchev–Trinajstić information content (AvgIpc) is 2.53. The molecule has 0 aliphatic rings. The van der Waals surface area contributed by atoms with Crippen LogP contribution in [0, 0.1) is 0 Å². The molecular weight excluding hydrogens is 280 g/mol. The third kappa shape index (κ3) is 4.82. The summed E-state index contributed by atoms with van der Waals surface area (Å²) in [7, 11) is 3.72. The molecule has 6 heteroatoms. The van der Waals surface area contributed by atoms with Gasteiger partial charge in [-0.3, -0.25) is 4.79 Å². The Morgan fingerprint density at radius 2 is 2.05 bits per heavy atom. The lowest BCUT2D eigenvalue weighted by Crippen LogP contribution is -2.19. The van der Waals surface area contributed by atoms with Crippen molar-refractivity contribution >= 4 is 17.4 Å². The summed E-state index contributed by atoms with van der Waals surface area (Å²) in [5, 5.41) is 2.80. The van der Waals surface area contributed by atoms with Crippen LogP contribution in [0.2, 0.25) is 0 Å². The zero-order chi connectivity index (χ0) is 15.8. The van der Waals surface area contributed by atoms with Crippen LogP contribution in [-0.2, 0) is 16.1 Å². The van der Waals surface area contributed by atoms with E-state index in [4.69, 9.17) is 4.74 Å². The molecule has 0 radical (unpaired) electrons. The van der Waals surface area contributed by atoms with Crippen molar-refractivity contribution in [2.24, 2.45) is 0 Å². The van der Waals surface area contributed by atoms with Crippen molar-refractivity contribution in [3.8, 4) is 0 Å². The van der Waals surface area contributed by atoms with Gasteiger partial charge in [0.15, 0.2) is 5.82 Å². The Balaban J connectivity index is 1.77. The molecule has 116 valence electrons. The van der Waals surface area contributed by atoms with Gasteiger partial charge in [0.05, 0.1) is 25.8 Å². The van der Waals surface area contributed by atoms with Crippen molar-refractivity contribution in [3.05, 3.63) is 48.4 Å². The van der Waals surface area contributed by atoms with Crippen LogP contribution >= 0.6 is 0 Å². The van der Waals surface area contributed by atoms with E-state index in [2.05, 4.69) is 15.3 Å². The highest BCUT2D eigenvalue weighted by Gasteiger charge is 2.09. The summed E-state index contributed by atoms with van der Waals surface area (Å²) < 4.78 is 5.50. The van der Waals surface area contributed by atoms with Crippen molar-refractivity contribution in [2.45, 2.75) is 13.0 Å². The second-order valence-electron chi connectivity index (χ2n) is 4.99. The van der Waals surface area contributed by atoms with Crippen molar-refractivity contribution in [3.63, 3.8) is 0 Å². The van der Waals surface area contributed by atoms with Crippen LogP contribution in [0.3, 0.4) is 0 Å². The van der Waals surface area contributed by atoms with Crippen LogP contribution < -0.4 is 10.2 Å². The van der Waals surface area contributed by atoms with Crippen LogP contribution in [0.4, 0.5) is 11.5 Å². The average molecular weight is 300 g/mol. The van der Waals surface area contributed by atoms with Gasteiger partial charge < -0.3 is 15.0 Å². The third-order valence-electron chi connectivity index (χ3n) is 2.97. The van der Waals surface area contributed by atoms with E-state index >= 15 is 0 Å². The lowest BCUT2D eigenvalue weighted by atomic mass is 10.2. The molecule has 1 heterocycles. The van der Waals surface area contributed by atoms with E-state index < -0.39 is 0 Å². The van der Waals surface area contributed by atoms with Crippen LogP contribution in [0.15, 0.2) is 42.9 Å². The molecule has 6 nitrogen and oxygen atoms in total. The zero-order valence-corrected chi connectivity index (χ0v) is 12.8. The monoisotopic (exact) mass is 300 g/mol. The molecule has 0 bridgehead atoms. The smallest absolute Gasteiger partial charge is 0.226 e. The number of ether oxygens (including phenoxy) is 1. The second-order valence-corrected chi connectivity index (χ2v) is 4.99. The minimum atomic E-state index is -0.119. The number of nitrogens with one attached hydrogen (secondary N) is 1. The highest BCUT2D eigenvalue weighted by Crippen LogP contribution is 2.19. The summed E-state index contributed by atoms with van der Waals surface area (Å²) in [4.78, 5) is 21.8. The largest absolute Gasteiger partial charge is 0.376 e. The fourth-order valence-corrected chi connectivity index (χ4v) is 1.91. The number of amides is 1. The molecule has 22 heavy (non-hydrogen) atoms. The molecule has 1 N–H and O–H groups in total. The molecule has 0 saturated heterocycles. The Hall–Kier alpha value is -2.47. The third-order valence-corrected chi connectivity index (χ3v) is 2.97. The van der Waals surface area contributed by atoms with Gasteiger partial charge in [0, 0.05) is 14.1 Å². The Morgan fingerprint density at radius 3 is 2.77 bits per heavy atom. The zero-order valence-electron chi connectivity index (χ0n) is 12.8. The minimum absolute atomic E-state index is 0.119. The summed E-state index contributed by atoms with van der Waals surface area (Å²) in [5.74, 6) is 0.555. The van der Waals surface area contributed by atoms with Crippen molar-refractivity contribution in [2.75, 3.05) is 30.9 Å². The Labute approximate surface area is 130 Å². The van der Waals surface area contributed by atoms with Crippen molar-refractivity contribution < 1.29 is 9.53 Å². The summed E-state index contributed by atoms with van der Waals surface area (Å²) in [6.07, 6.45) is 3.33. The highest BCUT2D eigenvalue weighted by molar-refractivity contribution is 5.93. The van der Waals surface area contributed by atoms with Gasteiger partial charge in [0.25, 0.3) is 0 Å². The molecular formula is C16H20N4O2. The molecule has 0 fully saturated rings. The number of anilines is 2. The number of nitrogens with zero attached hydrogens (tertiary/aromatic N) is 3. The summed E-state index contributed by atoms with van der Waals surface area (Å²) in [6.45, 7) is 0.872. The topological polar surface area (TPSA) is 67.4 Å². The maximum absolute atomic E-state index is 11.9. The van der Waals surface area contributed by atoms with Gasteiger partial charge >= 0.3 is 0 Å². The molecule has 1 aromatic heterocycles. The van der Waals surface area contributed by atoms with E-state index in [0.29, 0.717) is 24.7 Å². The first-order valence-corrected chi connectivity index (χ1v) is 7.05. The van der Waals surface area contributed by atoms with E-state index in [1.165, 1.54) is 6.33 Å². The quantitative estimate of drug-likeness (QED) is 0.793. The molecule has 0 unspecified atom stereocenters. The Morgan fingerprint density at radius 1 is 1.27 bits per heavy atom. The van der Waals surface area contributed by atoms with Gasteiger partial charge in [0.1, 0.15) is 12.0 Å². The molecule has 1 amide bonds. The van der Waals surface area contributed by atoms with Gasteiger partial charge in [0.2, 0.25) is 5.91 Å². The van der Waals surface area contributed by atoms with E-state index in [0.717, 1.165) is 5.56 Å². The fraction of sp³-hybridized carbons (Fsp3) is 0.312. The molecule has 1 aromatic carbocycles. The van der Waals surface area contributed by atoms with E-state index in [1.807, 2.05) is 49.3 Å². The van der Waals surface area contributed by atoms with Crippen molar-refractivity contribution in [1.29, 1.82) is 0 Å². The molecule has 0 saturated carbocycles. The molecule has 0 spiro atoms. The molecule has 0 atom stereocenters. The van der Waals surface area contributed by atoms with Crippen LogP contribution in [0.1, 0.15) is 12.0 Å². The normalized spacial score (nSPS) is 10.3. The standard InChI is InChI=1S/C16H20N4O2/c1-20(2)16-14(10-17-12-18-16)19-15(21)8-9-22-11-13-6-4-3-5-7-13/h3-7,10,12H,8-9,11H2,1-2H3,(H,19,21). The molecule has 0 aliphatic heterocycles. The molecule has 2 rings (SSSR count). The Kier molecular flexibility index (Phi) is 5.85. The highest BCUT2D eigenvalue weighted by atomic mass is 16.5. The number of hydrogen-bond acceptors (Lipinski definition) is 5. The molecule has 0 aliphatic carbocycles. The minimum Gasteiger partial charge on any atom is -0.376 e. The van der Waals surface area contributed by atoms with Gasteiger partial charge in [-0.25, -0.2) is 9.97 Å². The summed E-state index contributed by atoms with van der Waals surface area (Å²) >= 11 is 0. The lowest BCUT2D eigenvalue weighted by molar-refractivity contribution is -0.117. The van der Waals surface area contributed by atoms with Gasteiger partial charge in [-0.15, -0.1) is 0 Å². The Bertz CT molecular complexity index is 602. The first-order valence-electron chi connectivity index (χ1n) is 7.05. The predicted octanol–water partition coefficient (Wildman–Crippen LogP) is 2.09. The first kappa shape index (κ1) is 15.9. The van der Waals surface area contributed by atoms with E-state index in [-0.39, 0.29) is 12.3 Å². The van der Waals surface area contributed by atoms with E-state index in [9.17, 15) is 4.79 Å². The predicted molar refractivity (Wildman–Crippen MR) is 85.7 cm³/mol. The summed E-state index contributed by atoms with van der Waals surface area (Å²) in [5.41, 5.74) is 1.69. The molecule has 2 aromatic rings. The van der Waals surface area contributed by atoms with Gasteiger partial charge in [-0.2, -0.15) is 0 Å². The summed E-state index contributed by atoms with van der Waals surface area (Å²) in [6, 6.07) is 9.86. The number of benzene rings is 1. The van der Waals surface area contributed by atoms with Crippen LogP contribution in [-0.4, -0.2) is 36.6 Å². The van der Waals surface area contributed by atoms with Gasteiger partial charge in [-0.1, -0.05) is 30.3 Å². The SMILES string of the molecule is CN(C)c1ncncc1NC(=O)CCOCc1ccccc1. The maximum atomic E-state index is 11.9. The number of hydrogen-bond donors (Lipinski definition) is 1. The maximum Gasteiger partial charge on any atom is 0.226 e. The number of carbonyl (C=O) groups excluding carboxylic acids is 1. The van der Waals surface area contributed by atoms with Gasteiger partial charge in [-0.05, 0) is 5.56 Å². The lowest BCUT2D eigenvalue weighted by Gasteiger charge is -2.15. The van der Waals surface area contributed by atoms with Crippen LogP contribution in [0.5, 0.6) is 0 Å². The first-order chi connectivity index (χ1) is 10.7. The number of aromatic nitrogens is 2.